The van der Waals surface area contributed by atoms with Crippen molar-refractivity contribution < 1.29 is 13.4 Å². The molecule has 20 heavy (non-hydrogen) atoms. The SMILES string of the molecule is NC(=O)C[S@](=O)Cc1cccc(-c2ccc(F)cc2)c1. The molecule has 0 radical (unpaired) electrons. The van der Waals surface area contributed by atoms with E-state index < -0.39 is 16.7 Å². The maximum Gasteiger partial charge on any atom is 0.230 e. The fourth-order valence-corrected chi connectivity index (χ4v) is 2.85. The summed E-state index contributed by atoms with van der Waals surface area (Å²) in [6.07, 6.45) is 0. The molecule has 0 spiro atoms. The van der Waals surface area contributed by atoms with Crippen LogP contribution in [-0.4, -0.2) is 15.9 Å². The van der Waals surface area contributed by atoms with Crippen molar-refractivity contribution in [1.29, 1.82) is 0 Å². The Bertz CT molecular complexity index is 641. The van der Waals surface area contributed by atoms with E-state index in [-0.39, 0.29) is 17.3 Å². The smallest absolute Gasteiger partial charge is 0.230 e. The molecule has 0 aliphatic rings. The number of nitrogens with two attached hydrogens (primary N) is 1. The first-order valence-corrected chi connectivity index (χ1v) is 7.51. The normalized spacial score (nSPS) is 12.1. The van der Waals surface area contributed by atoms with Gasteiger partial charge in [-0.25, -0.2) is 4.39 Å². The molecule has 3 nitrogen and oxygen atoms in total. The number of carbonyl (C=O) groups is 1. The lowest BCUT2D eigenvalue weighted by Crippen LogP contribution is -2.20. The topological polar surface area (TPSA) is 60.2 Å². The summed E-state index contributed by atoms with van der Waals surface area (Å²) in [6.45, 7) is 0. The zero-order valence-corrected chi connectivity index (χ0v) is 11.5. The average molecular weight is 291 g/mol. The highest BCUT2D eigenvalue weighted by atomic mass is 32.2. The predicted molar refractivity (Wildman–Crippen MR) is 77.7 cm³/mol. The van der Waals surface area contributed by atoms with E-state index in [1.165, 1.54) is 12.1 Å². The Labute approximate surface area is 119 Å². The van der Waals surface area contributed by atoms with Gasteiger partial charge >= 0.3 is 0 Å². The first-order valence-electron chi connectivity index (χ1n) is 6.03. The van der Waals surface area contributed by atoms with E-state index in [0.717, 1.165) is 16.7 Å². The van der Waals surface area contributed by atoms with Crippen LogP contribution < -0.4 is 5.73 Å². The summed E-state index contributed by atoms with van der Waals surface area (Å²) in [5.41, 5.74) is 7.67. The Morgan fingerprint density at radius 2 is 1.80 bits per heavy atom. The molecular formula is C15H14FNO2S. The van der Waals surface area contributed by atoms with Gasteiger partial charge in [-0.2, -0.15) is 0 Å². The number of amides is 1. The molecule has 0 fully saturated rings. The number of hydrogen-bond donors (Lipinski definition) is 1. The van der Waals surface area contributed by atoms with Gasteiger partial charge in [0, 0.05) is 16.6 Å². The molecule has 0 saturated carbocycles. The molecule has 5 heteroatoms. The van der Waals surface area contributed by atoms with Gasteiger partial charge in [0.2, 0.25) is 5.91 Å². The quantitative estimate of drug-likeness (QED) is 0.918. The molecule has 0 unspecified atom stereocenters. The first-order chi connectivity index (χ1) is 9.54. The van der Waals surface area contributed by atoms with Gasteiger partial charge in [0.05, 0.1) is 0 Å². The highest BCUT2D eigenvalue weighted by molar-refractivity contribution is 7.84. The largest absolute Gasteiger partial charge is 0.369 e. The second kappa shape index (κ2) is 6.43. The fraction of sp³-hybridized carbons (Fsp3) is 0.133. The van der Waals surface area contributed by atoms with Gasteiger partial charge in [0.15, 0.2) is 0 Å². The molecule has 2 aromatic carbocycles. The number of carbonyl (C=O) groups excluding carboxylic acids is 1. The summed E-state index contributed by atoms with van der Waals surface area (Å²) in [6, 6.07) is 13.6. The molecule has 0 aliphatic carbocycles. The minimum Gasteiger partial charge on any atom is -0.369 e. The lowest BCUT2D eigenvalue weighted by atomic mass is 10.0. The second-order valence-corrected chi connectivity index (χ2v) is 5.86. The Morgan fingerprint density at radius 1 is 1.10 bits per heavy atom. The molecule has 2 aromatic rings. The number of rotatable bonds is 5. The van der Waals surface area contributed by atoms with Crippen molar-refractivity contribution >= 4 is 16.7 Å². The van der Waals surface area contributed by atoms with Crippen LogP contribution in [-0.2, 0) is 21.3 Å². The molecule has 2 rings (SSSR count). The van der Waals surface area contributed by atoms with Crippen molar-refractivity contribution in [3.8, 4) is 11.1 Å². The summed E-state index contributed by atoms with van der Waals surface area (Å²) in [5.74, 6) is -0.718. The Hall–Kier alpha value is -2.01. The molecule has 0 aliphatic heterocycles. The maximum atomic E-state index is 12.9. The third-order valence-electron chi connectivity index (χ3n) is 2.74. The maximum absolute atomic E-state index is 12.9. The van der Waals surface area contributed by atoms with Crippen LogP contribution in [0.5, 0.6) is 0 Å². The van der Waals surface area contributed by atoms with Crippen molar-refractivity contribution in [2.24, 2.45) is 5.73 Å². The van der Waals surface area contributed by atoms with Crippen LogP contribution in [0.4, 0.5) is 4.39 Å². The van der Waals surface area contributed by atoms with E-state index in [9.17, 15) is 13.4 Å². The van der Waals surface area contributed by atoms with Crippen LogP contribution in [0.25, 0.3) is 11.1 Å². The summed E-state index contributed by atoms with van der Waals surface area (Å²) in [4.78, 5) is 10.7. The standard InChI is InChI=1S/C15H14FNO2S/c16-14-6-4-12(5-7-14)13-3-1-2-11(8-13)9-20(19)10-15(17)18/h1-8H,9-10H2,(H2,17,18)/t20-/m1/s1. The van der Waals surface area contributed by atoms with Gasteiger partial charge in [0.25, 0.3) is 0 Å². The van der Waals surface area contributed by atoms with Crippen molar-refractivity contribution in [1.82, 2.24) is 0 Å². The Balaban J connectivity index is 2.17. The number of benzene rings is 2. The van der Waals surface area contributed by atoms with E-state index >= 15 is 0 Å². The van der Waals surface area contributed by atoms with Gasteiger partial charge in [0.1, 0.15) is 11.6 Å². The zero-order valence-electron chi connectivity index (χ0n) is 10.7. The minimum absolute atomic E-state index is 0.138. The van der Waals surface area contributed by atoms with Gasteiger partial charge < -0.3 is 5.73 Å². The first kappa shape index (κ1) is 14.4. The van der Waals surface area contributed by atoms with E-state index in [2.05, 4.69) is 0 Å². The van der Waals surface area contributed by atoms with Crippen molar-refractivity contribution in [2.75, 3.05) is 5.75 Å². The molecule has 0 heterocycles. The monoisotopic (exact) mass is 291 g/mol. The Kier molecular flexibility index (Phi) is 4.63. The number of halogens is 1. The third kappa shape index (κ3) is 3.99. The lowest BCUT2D eigenvalue weighted by molar-refractivity contribution is -0.115. The fourth-order valence-electron chi connectivity index (χ4n) is 1.88. The van der Waals surface area contributed by atoms with Gasteiger partial charge in [-0.05, 0) is 28.8 Å². The van der Waals surface area contributed by atoms with E-state index in [4.69, 9.17) is 5.73 Å². The van der Waals surface area contributed by atoms with E-state index in [1.54, 1.807) is 12.1 Å². The summed E-state index contributed by atoms with van der Waals surface area (Å²) < 4.78 is 24.6. The van der Waals surface area contributed by atoms with Crippen LogP contribution in [0.3, 0.4) is 0 Å². The number of primary amides is 1. The van der Waals surface area contributed by atoms with Crippen molar-refractivity contribution in [2.45, 2.75) is 5.75 Å². The average Bonchev–Trinajstić information content (AvgIpc) is 2.38. The highest BCUT2D eigenvalue weighted by Gasteiger charge is 2.06. The van der Waals surface area contributed by atoms with Crippen molar-refractivity contribution in [3.05, 3.63) is 59.9 Å². The molecule has 0 aromatic heterocycles. The van der Waals surface area contributed by atoms with Crippen LogP contribution >= 0.6 is 0 Å². The summed E-state index contributed by atoms with van der Waals surface area (Å²) in [5, 5.41) is 0. The van der Waals surface area contributed by atoms with Crippen LogP contribution in [0.2, 0.25) is 0 Å². The summed E-state index contributed by atoms with van der Waals surface area (Å²) >= 11 is 0. The van der Waals surface area contributed by atoms with Gasteiger partial charge in [-0.15, -0.1) is 0 Å². The molecule has 0 bridgehead atoms. The molecule has 1 atom stereocenters. The lowest BCUT2D eigenvalue weighted by Gasteiger charge is -2.05. The van der Waals surface area contributed by atoms with E-state index in [0.29, 0.717) is 0 Å². The Morgan fingerprint density at radius 3 is 2.45 bits per heavy atom. The van der Waals surface area contributed by atoms with Crippen LogP contribution in [0.1, 0.15) is 5.56 Å². The molecular weight excluding hydrogens is 277 g/mol. The minimum atomic E-state index is -1.30. The zero-order chi connectivity index (χ0) is 14.5. The molecule has 0 saturated heterocycles. The molecule has 2 N–H and O–H groups in total. The van der Waals surface area contributed by atoms with Crippen LogP contribution in [0, 0.1) is 5.82 Å². The predicted octanol–water partition coefficient (Wildman–Crippen LogP) is 2.23. The van der Waals surface area contributed by atoms with Gasteiger partial charge in [-0.1, -0.05) is 36.4 Å². The van der Waals surface area contributed by atoms with E-state index in [1.807, 2.05) is 24.3 Å². The molecule has 104 valence electrons. The second-order valence-electron chi connectivity index (χ2n) is 4.40. The van der Waals surface area contributed by atoms with Crippen LogP contribution in [0.15, 0.2) is 48.5 Å². The highest BCUT2D eigenvalue weighted by Crippen LogP contribution is 2.21. The van der Waals surface area contributed by atoms with Crippen molar-refractivity contribution in [3.63, 3.8) is 0 Å². The van der Waals surface area contributed by atoms with Gasteiger partial charge in [-0.3, -0.25) is 9.00 Å². The third-order valence-corrected chi connectivity index (χ3v) is 4.00. The number of hydrogen-bond acceptors (Lipinski definition) is 2. The molecule has 1 amide bonds. The summed E-state index contributed by atoms with van der Waals surface area (Å²) in [7, 11) is -1.30.